The number of ether oxygens (including phenoxy) is 1. The normalized spacial score (nSPS) is 15.5. The first-order chi connectivity index (χ1) is 12.2. The molecule has 2 aromatic heterocycles. The third-order valence-electron chi connectivity index (χ3n) is 4.22. The second-order valence-electron chi connectivity index (χ2n) is 5.95. The average Bonchev–Trinajstić information content (AvgIpc) is 3.04. The molecule has 0 spiro atoms. The van der Waals surface area contributed by atoms with Gasteiger partial charge in [0.2, 0.25) is 0 Å². The Balaban J connectivity index is 1.37. The number of benzene rings is 1. The number of halogens is 1. The van der Waals surface area contributed by atoms with Gasteiger partial charge in [0.1, 0.15) is 6.10 Å². The summed E-state index contributed by atoms with van der Waals surface area (Å²) in [5, 5.41) is 0.710. The van der Waals surface area contributed by atoms with Gasteiger partial charge in [0, 0.05) is 42.8 Å². The molecule has 0 N–H and O–H groups in total. The van der Waals surface area contributed by atoms with E-state index in [4.69, 9.17) is 4.74 Å². The van der Waals surface area contributed by atoms with Gasteiger partial charge in [-0.1, -0.05) is 23.5 Å². The van der Waals surface area contributed by atoms with Crippen LogP contribution in [0.1, 0.15) is 23.2 Å². The fourth-order valence-electron chi connectivity index (χ4n) is 2.93. The average molecular weight is 418 g/mol. The maximum Gasteiger partial charge on any atom is 0.274 e. The number of hydrogen-bond donors (Lipinski definition) is 0. The smallest absolute Gasteiger partial charge is 0.274 e. The molecule has 1 aliphatic rings. The van der Waals surface area contributed by atoms with Crippen LogP contribution in [0.3, 0.4) is 0 Å². The van der Waals surface area contributed by atoms with Crippen molar-refractivity contribution in [3.63, 3.8) is 0 Å². The van der Waals surface area contributed by atoms with Crippen LogP contribution in [0.2, 0.25) is 0 Å². The van der Waals surface area contributed by atoms with Crippen LogP contribution in [0, 0.1) is 0 Å². The molecule has 0 saturated carbocycles. The number of pyridine rings is 1. The highest BCUT2D eigenvalue weighted by Gasteiger charge is 2.25. The maximum absolute atomic E-state index is 12.5. The fourth-order valence-corrected chi connectivity index (χ4v) is 4.18. The Morgan fingerprint density at radius 2 is 2.04 bits per heavy atom. The van der Waals surface area contributed by atoms with Crippen LogP contribution in [0.4, 0.5) is 0 Å². The molecule has 1 saturated heterocycles. The van der Waals surface area contributed by atoms with Gasteiger partial charge in [-0.05, 0) is 34.1 Å². The van der Waals surface area contributed by atoms with E-state index in [-0.39, 0.29) is 12.0 Å². The number of carbonyl (C=O) groups is 1. The van der Waals surface area contributed by atoms with E-state index < -0.39 is 0 Å². The number of para-hydroxylation sites is 1. The first kappa shape index (κ1) is 16.5. The zero-order valence-electron chi connectivity index (χ0n) is 13.4. The molecule has 1 aromatic carbocycles. The Morgan fingerprint density at radius 3 is 2.80 bits per heavy atom. The Hall–Kier alpha value is -1.99. The van der Waals surface area contributed by atoms with Crippen molar-refractivity contribution in [2.75, 3.05) is 13.1 Å². The third kappa shape index (κ3) is 3.67. The van der Waals surface area contributed by atoms with Crippen molar-refractivity contribution < 1.29 is 9.53 Å². The van der Waals surface area contributed by atoms with Crippen molar-refractivity contribution in [3.8, 4) is 5.19 Å². The van der Waals surface area contributed by atoms with Crippen LogP contribution in [0.15, 0.2) is 47.2 Å². The minimum Gasteiger partial charge on any atom is -0.467 e. The lowest BCUT2D eigenvalue weighted by atomic mass is 10.1. The number of piperidine rings is 1. The lowest BCUT2D eigenvalue weighted by Gasteiger charge is -2.31. The first-order valence-electron chi connectivity index (χ1n) is 8.11. The molecule has 0 radical (unpaired) electrons. The van der Waals surface area contributed by atoms with Crippen LogP contribution < -0.4 is 4.74 Å². The summed E-state index contributed by atoms with van der Waals surface area (Å²) < 4.78 is 7.99. The third-order valence-corrected chi connectivity index (χ3v) is 5.58. The van der Waals surface area contributed by atoms with Gasteiger partial charge in [-0.15, -0.1) is 0 Å². The highest BCUT2D eigenvalue weighted by Crippen LogP contribution is 2.29. The molecule has 7 heteroatoms. The number of likely N-dealkylation sites (tertiary alicyclic amines) is 1. The molecule has 128 valence electrons. The van der Waals surface area contributed by atoms with Gasteiger partial charge in [-0.25, -0.2) is 4.98 Å². The Bertz CT molecular complexity index is 873. The molecule has 0 unspecified atom stereocenters. The van der Waals surface area contributed by atoms with Gasteiger partial charge in [0.05, 0.1) is 15.8 Å². The first-order valence-corrected chi connectivity index (χ1v) is 9.72. The number of aromatic nitrogens is 2. The minimum atomic E-state index is 0.0206. The largest absolute Gasteiger partial charge is 0.467 e. The summed E-state index contributed by atoms with van der Waals surface area (Å²) in [6.07, 6.45) is 5.00. The molecule has 4 rings (SSSR count). The van der Waals surface area contributed by atoms with Gasteiger partial charge in [0.25, 0.3) is 11.1 Å². The second kappa shape index (κ2) is 7.09. The molecular weight excluding hydrogens is 402 g/mol. The number of fused-ring (bicyclic) bond motifs is 1. The van der Waals surface area contributed by atoms with Crippen LogP contribution in [0.25, 0.3) is 10.2 Å². The van der Waals surface area contributed by atoms with Crippen molar-refractivity contribution in [1.29, 1.82) is 0 Å². The predicted octanol–water partition coefficient (Wildman–Crippen LogP) is 4.14. The molecule has 5 nitrogen and oxygen atoms in total. The number of rotatable bonds is 3. The molecule has 1 aliphatic heterocycles. The Morgan fingerprint density at radius 1 is 1.24 bits per heavy atom. The van der Waals surface area contributed by atoms with Crippen molar-refractivity contribution in [2.24, 2.45) is 0 Å². The summed E-state index contributed by atoms with van der Waals surface area (Å²) in [7, 11) is 0. The summed E-state index contributed by atoms with van der Waals surface area (Å²) in [5.74, 6) is 0.0206. The lowest BCUT2D eigenvalue weighted by Crippen LogP contribution is -2.41. The predicted molar refractivity (Wildman–Crippen MR) is 101 cm³/mol. The van der Waals surface area contributed by atoms with Gasteiger partial charge in [-0.3, -0.25) is 9.78 Å². The van der Waals surface area contributed by atoms with Crippen LogP contribution >= 0.6 is 27.3 Å². The summed E-state index contributed by atoms with van der Waals surface area (Å²) in [6, 6.07) is 9.83. The van der Waals surface area contributed by atoms with E-state index in [9.17, 15) is 4.79 Å². The van der Waals surface area contributed by atoms with Crippen LogP contribution in [0.5, 0.6) is 5.19 Å². The number of thiazole rings is 1. The summed E-state index contributed by atoms with van der Waals surface area (Å²) in [6.45, 7) is 1.36. The second-order valence-corrected chi connectivity index (χ2v) is 7.86. The van der Waals surface area contributed by atoms with E-state index in [1.54, 1.807) is 29.8 Å². The molecule has 3 heterocycles. The van der Waals surface area contributed by atoms with Crippen LogP contribution in [-0.4, -0.2) is 40.0 Å². The van der Waals surface area contributed by atoms with E-state index in [0.29, 0.717) is 23.8 Å². The van der Waals surface area contributed by atoms with Gasteiger partial charge in [0.15, 0.2) is 0 Å². The number of carbonyl (C=O) groups excluding carboxylic acids is 1. The quantitative estimate of drug-likeness (QED) is 0.642. The summed E-state index contributed by atoms with van der Waals surface area (Å²) in [4.78, 5) is 23.0. The molecule has 3 aromatic rings. The standard InChI is InChI=1S/C18H16BrN3O2S/c19-13-9-12(10-20-11-13)17(23)22-7-5-14(6-8-22)24-18-21-15-3-1-2-4-16(15)25-18/h1-4,9-11,14H,5-8H2. The summed E-state index contributed by atoms with van der Waals surface area (Å²) in [5.41, 5.74) is 1.58. The van der Waals surface area contributed by atoms with E-state index in [0.717, 1.165) is 27.5 Å². The lowest BCUT2D eigenvalue weighted by molar-refractivity contribution is 0.0595. The van der Waals surface area contributed by atoms with E-state index in [1.807, 2.05) is 29.2 Å². The van der Waals surface area contributed by atoms with Crippen molar-refractivity contribution in [3.05, 3.63) is 52.8 Å². The molecule has 1 fully saturated rings. The Kier molecular flexibility index (Phi) is 4.67. The molecule has 1 amide bonds. The molecule has 25 heavy (non-hydrogen) atoms. The maximum atomic E-state index is 12.5. The van der Waals surface area contributed by atoms with Gasteiger partial charge >= 0.3 is 0 Å². The number of nitrogens with zero attached hydrogens (tertiary/aromatic N) is 3. The van der Waals surface area contributed by atoms with Crippen molar-refractivity contribution in [1.82, 2.24) is 14.9 Å². The SMILES string of the molecule is O=C(c1cncc(Br)c1)N1CCC(Oc2nc3ccccc3s2)CC1. The monoisotopic (exact) mass is 417 g/mol. The molecular formula is C18H16BrN3O2S. The van der Waals surface area contributed by atoms with E-state index in [2.05, 4.69) is 25.9 Å². The number of hydrogen-bond acceptors (Lipinski definition) is 5. The van der Waals surface area contributed by atoms with Crippen LogP contribution in [-0.2, 0) is 0 Å². The zero-order chi connectivity index (χ0) is 17.2. The summed E-state index contributed by atoms with van der Waals surface area (Å²) >= 11 is 4.93. The highest BCUT2D eigenvalue weighted by molar-refractivity contribution is 9.10. The molecule has 0 bridgehead atoms. The Labute approximate surface area is 157 Å². The van der Waals surface area contributed by atoms with Crippen molar-refractivity contribution in [2.45, 2.75) is 18.9 Å². The van der Waals surface area contributed by atoms with Crippen molar-refractivity contribution >= 4 is 43.4 Å². The minimum absolute atomic E-state index is 0.0206. The number of amides is 1. The highest BCUT2D eigenvalue weighted by atomic mass is 79.9. The fraction of sp³-hybridized carbons (Fsp3) is 0.278. The zero-order valence-corrected chi connectivity index (χ0v) is 15.8. The van der Waals surface area contributed by atoms with Gasteiger partial charge in [-0.2, -0.15) is 0 Å². The van der Waals surface area contributed by atoms with E-state index >= 15 is 0 Å². The molecule has 0 atom stereocenters. The van der Waals surface area contributed by atoms with E-state index in [1.165, 1.54) is 0 Å². The topological polar surface area (TPSA) is 55.3 Å². The molecule has 0 aliphatic carbocycles. The van der Waals surface area contributed by atoms with Gasteiger partial charge < -0.3 is 9.64 Å².